The predicted molar refractivity (Wildman–Crippen MR) is 122 cm³/mol. The largest absolute Gasteiger partial charge is 0.272 e. The fourth-order valence-corrected chi connectivity index (χ4v) is 3.65. The Labute approximate surface area is 188 Å². The Morgan fingerprint density at radius 3 is 2.66 bits per heavy atom. The zero-order valence-electron chi connectivity index (χ0n) is 17.1. The summed E-state index contributed by atoms with van der Waals surface area (Å²) in [5.74, 6) is 0.0621. The molecule has 32 heavy (non-hydrogen) atoms. The zero-order valence-corrected chi connectivity index (χ0v) is 18.0. The van der Waals surface area contributed by atoms with Crippen LogP contribution in [0, 0.1) is 12.7 Å². The molecule has 0 aliphatic carbocycles. The van der Waals surface area contributed by atoms with Gasteiger partial charge in [0.2, 0.25) is 0 Å². The van der Waals surface area contributed by atoms with Crippen molar-refractivity contribution in [2.75, 3.05) is 5.75 Å². The van der Waals surface area contributed by atoms with Crippen LogP contribution in [0.2, 0.25) is 0 Å². The van der Waals surface area contributed by atoms with E-state index in [9.17, 15) is 9.18 Å². The smallest absolute Gasteiger partial charge is 0.250 e. The van der Waals surface area contributed by atoms with Gasteiger partial charge in [0.1, 0.15) is 5.82 Å². The Bertz CT molecular complexity index is 1240. The first-order valence-electron chi connectivity index (χ1n) is 9.73. The van der Waals surface area contributed by atoms with E-state index in [-0.39, 0.29) is 17.5 Å². The maximum absolute atomic E-state index is 13.2. The Hall–Kier alpha value is -3.85. The average Bonchev–Trinajstić information content (AvgIpc) is 3.23. The highest BCUT2D eigenvalue weighted by Crippen LogP contribution is 2.27. The van der Waals surface area contributed by atoms with Crippen LogP contribution in [0.15, 0.2) is 83.3 Å². The van der Waals surface area contributed by atoms with E-state index >= 15 is 0 Å². The number of thioether (sulfide) groups is 1. The Morgan fingerprint density at radius 1 is 1.12 bits per heavy atom. The first-order valence-corrected chi connectivity index (χ1v) is 10.7. The molecule has 0 radical (unpaired) electrons. The lowest BCUT2D eigenvalue weighted by atomic mass is 10.2. The van der Waals surface area contributed by atoms with E-state index in [1.165, 1.54) is 30.1 Å². The van der Waals surface area contributed by atoms with Crippen molar-refractivity contribution in [1.29, 1.82) is 0 Å². The minimum atomic E-state index is -0.365. The van der Waals surface area contributed by atoms with Crippen molar-refractivity contribution in [3.8, 4) is 17.1 Å². The molecule has 2 aromatic heterocycles. The second-order valence-electron chi connectivity index (χ2n) is 6.85. The molecule has 0 saturated carbocycles. The quantitative estimate of drug-likeness (QED) is 0.263. The summed E-state index contributed by atoms with van der Waals surface area (Å²) in [4.78, 5) is 16.3. The molecule has 0 bridgehead atoms. The standard InChI is InChI=1S/C23H19FN6OS/c1-16-5-7-20(8-6-16)30-22(18-9-11-25-12-10-18)28-29-23(30)32-15-21(31)27-26-14-17-3-2-4-19(24)13-17/h2-14H,15H2,1H3,(H,27,31). The van der Waals surface area contributed by atoms with Gasteiger partial charge in [-0.05, 0) is 48.9 Å². The van der Waals surface area contributed by atoms with Crippen LogP contribution in [-0.4, -0.2) is 37.6 Å². The molecule has 0 aliphatic heterocycles. The van der Waals surface area contributed by atoms with Crippen LogP contribution in [0.5, 0.6) is 0 Å². The van der Waals surface area contributed by atoms with Crippen LogP contribution in [-0.2, 0) is 4.79 Å². The SMILES string of the molecule is Cc1ccc(-n2c(SCC(=O)NN=Cc3cccc(F)c3)nnc2-c2ccncc2)cc1. The number of nitrogens with one attached hydrogen (secondary N) is 1. The summed E-state index contributed by atoms with van der Waals surface area (Å²) in [6, 6.07) is 17.6. The zero-order chi connectivity index (χ0) is 22.3. The molecule has 0 saturated heterocycles. The Balaban J connectivity index is 1.50. The molecular formula is C23H19FN6OS. The normalized spacial score (nSPS) is 11.1. The molecule has 7 nitrogen and oxygen atoms in total. The van der Waals surface area contributed by atoms with Crippen molar-refractivity contribution in [3.05, 3.63) is 90.0 Å². The van der Waals surface area contributed by atoms with Crippen molar-refractivity contribution >= 4 is 23.9 Å². The molecule has 4 aromatic rings. The molecule has 0 spiro atoms. The van der Waals surface area contributed by atoms with Gasteiger partial charge < -0.3 is 0 Å². The highest BCUT2D eigenvalue weighted by molar-refractivity contribution is 7.99. The summed E-state index contributed by atoms with van der Waals surface area (Å²) in [6.07, 6.45) is 4.78. The molecule has 0 aliphatic rings. The second kappa shape index (κ2) is 9.97. The Kier molecular flexibility index (Phi) is 6.66. The average molecular weight is 447 g/mol. The maximum Gasteiger partial charge on any atom is 0.250 e. The van der Waals surface area contributed by atoms with Crippen molar-refractivity contribution in [2.24, 2.45) is 5.10 Å². The third-order valence-electron chi connectivity index (χ3n) is 4.45. The lowest BCUT2D eigenvalue weighted by molar-refractivity contribution is -0.118. The number of amides is 1. The summed E-state index contributed by atoms with van der Waals surface area (Å²) in [6.45, 7) is 2.02. The van der Waals surface area contributed by atoms with E-state index in [2.05, 4.69) is 25.7 Å². The number of pyridine rings is 1. The van der Waals surface area contributed by atoms with Crippen molar-refractivity contribution in [3.63, 3.8) is 0 Å². The van der Waals surface area contributed by atoms with E-state index in [0.29, 0.717) is 16.5 Å². The summed E-state index contributed by atoms with van der Waals surface area (Å²) in [5.41, 5.74) is 5.89. The number of hydrazone groups is 1. The van der Waals surface area contributed by atoms with Crippen LogP contribution in [0.25, 0.3) is 17.1 Å². The minimum Gasteiger partial charge on any atom is -0.272 e. The van der Waals surface area contributed by atoms with Crippen LogP contribution >= 0.6 is 11.8 Å². The van der Waals surface area contributed by atoms with Crippen LogP contribution in [0.3, 0.4) is 0 Å². The molecule has 2 heterocycles. The number of nitrogens with zero attached hydrogens (tertiary/aromatic N) is 5. The molecule has 1 amide bonds. The van der Waals surface area contributed by atoms with E-state index in [1.54, 1.807) is 24.5 Å². The number of rotatable bonds is 7. The Morgan fingerprint density at radius 2 is 1.91 bits per heavy atom. The number of benzene rings is 2. The van der Waals surface area contributed by atoms with Crippen molar-refractivity contribution in [2.45, 2.75) is 12.1 Å². The highest BCUT2D eigenvalue weighted by atomic mass is 32.2. The summed E-state index contributed by atoms with van der Waals surface area (Å²) >= 11 is 1.25. The van der Waals surface area contributed by atoms with Gasteiger partial charge >= 0.3 is 0 Å². The topological polar surface area (TPSA) is 85.1 Å². The van der Waals surface area contributed by atoms with Gasteiger partial charge in [0, 0.05) is 23.6 Å². The van der Waals surface area contributed by atoms with E-state index in [0.717, 1.165) is 16.8 Å². The third kappa shape index (κ3) is 5.25. The summed E-state index contributed by atoms with van der Waals surface area (Å²) < 4.78 is 15.1. The molecule has 2 aromatic carbocycles. The highest BCUT2D eigenvalue weighted by Gasteiger charge is 2.17. The molecule has 0 atom stereocenters. The van der Waals surface area contributed by atoms with Crippen LogP contribution < -0.4 is 5.43 Å². The number of aryl methyl sites for hydroxylation is 1. The first-order chi connectivity index (χ1) is 15.6. The number of carbonyl (C=O) groups excluding carboxylic acids is 1. The van der Waals surface area contributed by atoms with Gasteiger partial charge in [0.15, 0.2) is 11.0 Å². The summed E-state index contributed by atoms with van der Waals surface area (Å²) in [7, 11) is 0. The van der Waals surface area contributed by atoms with Gasteiger partial charge in [-0.3, -0.25) is 14.3 Å². The van der Waals surface area contributed by atoms with E-state index in [1.807, 2.05) is 47.9 Å². The van der Waals surface area contributed by atoms with Crippen molar-refractivity contribution in [1.82, 2.24) is 25.2 Å². The third-order valence-corrected chi connectivity index (χ3v) is 5.38. The van der Waals surface area contributed by atoms with Gasteiger partial charge in [0.25, 0.3) is 5.91 Å². The molecule has 9 heteroatoms. The van der Waals surface area contributed by atoms with Gasteiger partial charge in [-0.1, -0.05) is 41.6 Å². The van der Waals surface area contributed by atoms with Gasteiger partial charge in [-0.2, -0.15) is 5.10 Å². The van der Waals surface area contributed by atoms with Gasteiger partial charge in [-0.25, -0.2) is 9.82 Å². The van der Waals surface area contributed by atoms with Crippen LogP contribution in [0.4, 0.5) is 4.39 Å². The number of hydrogen-bond acceptors (Lipinski definition) is 6. The molecular weight excluding hydrogens is 427 g/mol. The number of halogens is 1. The molecule has 0 fully saturated rings. The van der Waals surface area contributed by atoms with Crippen molar-refractivity contribution < 1.29 is 9.18 Å². The summed E-state index contributed by atoms with van der Waals surface area (Å²) in [5, 5.41) is 13.1. The molecule has 4 rings (SSSR count). The minimum absolute atomic E-state index is 0.0842. The predicted octanol–water partition coefficient (Wildman–Crippen LogP) is 4.02. The fraction of sp³-hybridized carbons (Fsp3) is 0.0870. The van der Waals surface area contributed by atoms with Crippen LogP contribution in [0.1, 0.15) is 11.1 Å². The molecule has 1 N–H and O–H groups in total. The molecule has 0 unspecified atom stereocenters. The lowest BCUT2D eigenvalue weighted by Gasteiger charge is -2.10. The van der Waals surface area contributed by atoms with Gasteiger partial charge in [-0.15, -0.1) is 10.2 Å². The molecule has 160 valence electrons. The fourth-order valence-electron chi connectivity index (χ4n) is 2.91. The lowest BCUT2D eigenvalue weighted by Crippen LogP contribution is -2.20. The van der Waals surface area contributed by atoms with Gasteiger partial charge in [0.05, 0.1) is 12.0 Å². The number of aromatic nitrogens is 4. The second-order valence-corrected chi connectivity index (χ2v) is 7.79. The first kappa shape index (κ1) is 21.4. The number of carbonyl (C=O) groups is 1. The monoisotopic (exact) mass is 446 g/mol. The van der Waals surface area contributed by atoms with E-state index < -0.39 is 0 Å². The maximum atomic E-state index is 13.2. The number of hydrogen-bond donors (Lipinski definition) is 1. The van der Waals surface area contributed by atoms with E-state index in [4.69, 9.17) is 0 Å².